The minimum Gasteiger partial charge on any atom is -0.300 e. The van der Waals surface area contributed by atoms with Crippen molar-refractivity contribution in [2.75, 3.05) is 0 Å². The van der Waals surface area contributed by atoms with E-state index >= 15 is 0 Å². The number of carbonyl (C=O) groups is 2. The van der Waals surface area contributed by atoms with E-state index in [1.165, 1.54) is 0 Å². The van der Waals surface area contributed by atoms with Crippen LogP contribution in [-0.4, -0.2) is 30.6 Å². The molecule has 0 aromatic heterocycles. The summed E-state index contributed by atoms with van der Waals surface area (Å²) in [5, 5.41) is 0. The zero-order chi connectivity index (χ0) is 20.5. The van der Waals surface area contributed by atoms with E-state index in [0.717, 1.165) is 37.7 Å². The standard InChI is InChI=1S/C21H30O6S/c1-12(22)15-4-5-16-19-17(7-9-21(15,16)3)20(2)8-6-14(27-28(24,25)26)10-13(20)11-18(19)23/h11,14-17,19H,4-10H2,1-3H3,(H,24,25,26)/t14-,15+,16-,17-,19-,20-,21+/m0/s1. The minimum atomic E-state index is -4.50. The molecule has 6 nitrogen and oxygen atoms in total. The second kappa shape index (κ2) is 6.47. The van der Waals surface area contributed by atoms with E-state index in [1.54, 1.807) is 13.0 Å². The van der Waals surface area contributed by atoms with Crippen LogP contribution >= 0.6 is 0 Å². The zero-order valence-corrected chi connectivity index (χ0v) is 17.6. The molecule has 1 N–H and O–H groups in total. The molecular formula is C21H30O6S. The first-order chi connectivity index (χ1) is 13.0. The lowest BCUT2D eigenvalue weighted by Crippen LogP contribution is -2.54. The van der Waals surface area contributed by atoms with Crippen molar-refractivity contribution in [2.24, 2.45) is 34.5 Å². The van der Waals surface area contributed by atoms with Gasteiger partial charge in [-0.2, -0.15) is 8.42 Å². The van der Waals surface area contributed by atoms with Gasteiger partial charge in [0.1, 0.15) is 5.78 Å². The number of allylic oxidation sites excluding steroid dienone is 1. The highest BCUT2D eigenvalue weighted by Crippen LogP contribution is 2.65. The van der Waals surface area contributed by atoms with Gasteiger partial charge in [0, 0.05) is 11.8 Å². The summed E-state index contributed by atoms with van der Waals surface area (Å²) in [6, 6.07) is 0. The van der Waals surface area contributed by atoms with Gasteiger partial charge in [-0.1, -0.05) is 19.4 Å². The molecule has 0 aromatic rings. The molecule has 156 valence electrons. The van der Waals surface area contributed by atoms with Crippen LogP contribution in [0.5, 0.6) is 0 Å². The normalized spacial score (nSPS) is 45.6. The van der Waals surface area contributed by atoms with E-state index in [4.69, 9.17) is 8.74 Å². The first-order valence-electron chi connectivity index (χ1n) is 10.4. The Kier molecular flexibility index (Phi) is 4.68. The average Bonchev–Trinajstić information content (AvgIpc) is 2.92. The predicted molar refractivity (Wildman–Crippen MR) is 103 cm³/mol. The van der Waals surface area contributed by atoms with Gasteiger partial charge in [0.15, 0.2) is 5.78 Å². The molecule has 0 unspecified atom stereocenters. The number of fused-ring (bicyclic) bond motifs is 5. The topological polar surface area (TPSA) is 97.7 Å². The van der Waals surface area contributed by atoms with Crippen molar-refractivity contribution in [3.8, 4) is 0 Å². The van der Waals surface area contributed by atoms with E-state index in [9.17, 15) is 18.0 Å². The SMILES string of the molecule is CC(=O)[C@H]1CC[C@H]2[C@@H]3C(=O)C=C4C[C@@H](OS(=O)(=O)O)CC[C@]4(C)[C@H]3CC[C@]12C. The van der Waals surface area contributed by atoms with Crippen molar-refractivity contribution in [1.29, 1.82) is 0 Å². The van der Waals surface area contributed by atoms with Crippen LogP contribution in [0.1, 0.15) is 65.7 Å². The maximum absolute atomic E-state index is 13.2. The van der Waals surface area contributed by atoms with Crippen LogP contribution in [0, 0.1) is 34.5 Å². The number of carbonyl (C=O) groups excluding carboxylic acids is 2. The summed E-state index contributed by atoms with van der Waals surface area (Å²) in [5.74, 6) is 0.867. The second-order valence-electron chi connectivity index (χ2n) is 9.90. The molecule has 4 aliphatic carbocycles. The van der Waals surface area contributed by atoms with E-state index in [1.807, 2.05) is 0 Å². The largest absolute Gasteiger partial charge is 0.397 e. The average molecular weight is 411 g/mol. The maximum Gasteiger partial charge on any atom is 0.397 e. The monoisotopic (exact) mass is 410 g/mol. The van der Waals surface area contributed by atoms with E-state index in [0.29, 0.717) is 12.8 Å². The lowest BCUT2D eigenvalue weighted by molar-refractivity contribution is -0.138. The van der Waals surface area contributed by atoms with Crippen molar-refractivity contribution in [3.05, 3.63) is 11.6 Å². The van der Waals surface area contributed by atoms with Gasteiger partial charge in [0.05, 0.1) is 6.10 Å². The Balaban J connectivity index is 1.65. The third kappa shape index (κ3) is 3.01. The fourth-order valence-electron chi connectivity index (χ4n) is 7.29. The molecule has 28 heavy (non-hydrogen) atoms. The zero-order valence-electron chi connectivity index (χ0n) is 16.8. The van der Waals surface area contributed by atoms with E-state index < -0.39 is 16.5 Å². The number of Topliss-reactive ketones (excluding diaryl/α,β-unsaturated/α-hetero) is 1. The molecule has 0 radical (unpaired) electrons. The molecule has 3 fully saturated rings. The van der Waals surface area contributed by atoms with Gasteiger partial charge < -0.3 is 0 Å². The number of rotatable bonds is 3. The Morgan fingerprint density at radius 1 is 1.14 bits per heavy atom. The van der Waals surface area contributed by atoms with Crippen LogP contribution in [0.25, 0.3) is 0 Å². The summed E-state index contributed by atoms with van der Waals surface area (Å²) in [6.07, 6.45) is 6.47. The minimum absolute atomic E-state index is 0.0455. The Bertz CT molecular complexity index is 845. The fourth-order valence-corrected chi connectivity index (χ4v) is 7.80. The van der Waals surface area contributed by atoms with Crippen LogP contribution in [-0.2, 0) is 24.2 Å². The molecule has 0 amide bonds. The maximum atomic E-state index is 13.2. The summed E-state index contributed by atoms with van der Waals surface area (Å²) < 4.78 is 36.0. The number of ketones is 2. The Hall–Kier alpha value is -1.05. The molecule has 0 aromatic carbocycles. The van der Waals surface area contributed by atoms with Crippen LogP contribution in [0.4, 0.5) is 0 Å². The van der Waals surface area contributed by atoms with Crippen LogP contribution in [0.15, 0.2) is 11.6 Å². The van der Waals surface area contributed by atoms with Gasteiger partial charge in [-0.3, -0.25) is 14.1 Å². The second-order valence-corrected chi connectivity index (χ2v) is 10.9. The van der Waals surface area contributed by atoms with Gasteiger partial charge in [-0.15, -0.1) is 0 Å². The number of hydrogen-bond acceptors (Lipinski definition) is 5. The lowest BCUT2D eigenvalue weighted by Gasteiger charge is -2.57. The molecule has 0 aliphatic heterocycles. The third-order valence-corrected chi connectivity index (χ3v) is 9.16. The lowest BCUT2D eigenvalue weighted by atomic mass is 9.47. The summed E-state index contributed by atoms with van der Waals surface area (Å²) >= 11 is 0. The van der Waals surface area contributed by atoms with Crippen LogP contribution < -0.4 is 0 Å². The smallest absolute Gasteiger partial charge is 0.300 e. The fraction of sp³-hybridized carbons (Fsp3) is 0.810. The predicted octanol–water partition coefficient (Wildman–Crippen LogP) is 3.52. The molecule has 0 spiro atoms. The summed E-state index contributed by atoms with van der Waals surface area (Å²) in [4.78, 5) is 25.4. The molecule has 4 aliphatic rings. The summed E-state index contributed by atoms with van der Waals surface area (Å²) in [7, 11) is -4.50. The third-order valence-electron chi connectivity index (χ3n) is 8.65. The van der Waals surface area contributed by atoms with Gasteiger partial charge in [-0.05, 0) is 80.6 Å². The molecular weight excluding hydrogens is 380 g/mol. The number of hydrogen-bond donors (Lipinski definition) is 1. The quantitative estimate of drug-likeness (QED) is 0.715. The van der Waals surface area contributed by atoms with Gasteiger partial charge in [-0.25, -0.2) is 4.18 Å². The molecule has 3 saturated carbocycles. The van der Waals surface area contributed by atoms with E-state index in [2.05, 4.69) is 13.8 Å². The van der Waals surface area contributed by atoms with Crippen molar-refractivity contribution in [3.63, 3.8) is 0 Å². The first kappa shape index (κ1) is 20.2. The molecule has 7 atom stereocenters. The van der Waals surface area contributed by atoms with Gasteiger partial charge in [0.25, 0.3) is 0 Å². The van der Waals surface area contributed by atoms with Gasteiger partial charge in [0.2, 0.25) is 0 Å². The molecule has 4 rings (SSSR count). The summed E-state index contributed by atoms with van der Waals surface area (Å²) in [6.45, 7) is 6.09. The van der Waals surface area contributed by atoms with Crippen molar-refractivity contribution in [1.82, 2.24) is 0 Å². The van der Waals surface area contributed by atoms with Gasteiger partial charge >= 0.3 is 10.4 Å². The first-order valence-corrected chi connectivity index (χ1v) is 11.7. The Morgan fingerprint density at radius 2 is 1.86 bits per heavy atom. The molecule has 0 saturated heterocycles. The van der Waals surface area contributed by atoms with Crippen molar-refractivity contribution >= 4 is 22.0 Å². The highest BCUT2D eigenvalue weighted by molar-refractivity contribution is 7.80. The molecule has 0 heterocycles. The Morgan fingerprint density at radius 3 is 2.50 bits per heavy atom. The van der Waals surface area contributed by atoms with E-state index in [-0.39, 0.29) is 46.1 Å². The summed E-state index contributed by atoms with van der Waals surface area (Å²) in [5.41, 5.74) is 0.728. The Labute approximate surface area is 167 Å². The highest BCUT2D eigenvalue weighted by Gasteiger charge is 2.61. The van der Waals surface area contributed by atoms with Crippen molar-refractivity contribution in [2.45, 2.75) is 71.8 Å². The molecule has 7 heteroatoms. The molecule has 0 bridgehead atoms. The van der Waals surface area contributed by atoms with Crippen LogP contribution in [0.3, 0.4) is 0 Å². The van der Waals surface area contributed by atoms with Crippen molar-refractivity contribution < 1.29 is 26.7 Å². The van der Waals surface area contributed by atoms with Crippen LogP contribution in [0.2, 0.25) is 0 Å². The highest BCUT2D eigenvalue weighted by atomic mass is 32.3.